The van der Waals surface area contributed by atoms with Crippen LogP contribution in [0.25, 0.3) is 27.8 Å². The first-order valence-corrected chi connectivity index (χ1v) is 10.9. The number of nitrogens with zero attached hydrogens (tertiary/aromatic N) is 4. The predicted molar refractivity (Wildman–Crippen MR) is 122 cm³/mol. The van der Waals surface area contributed by atoms with Gasteiger partial charge in [-0.2, -0.15) is 18.3 Å². The number of methoxy groups -OCH3 is 2. The van der Waals surface area contributed by atoms with Gasteiger partial charge in [0.1, 0.15) is 29.9 Å². The van der Waals surface area contributed by atoms with Crippen LogP contribution >= 0.6 is 0 Å². The fourth-order valence-electron chi connectivity index (χ4n) is 3.95. The van der Waals surface area contributed by atoms with E-state index in [0.717, 1.165) is 35.0 Å². The van der Waals surface area contributed by atoms with Gasteiger partial charge in [0.25, 0.3) is 5.91 Å². The molecular formula is C24H22F3N5O3. The van der Waals surface area contributed by atoms with Gasteiger partial charge in [0.2, 0.25) is 0 Å². The Kier molecular flexibility index (Phi) is 5.62. The second kappa shape index (κ2) is 8.64. The van der Waals surface area contributed by atoms with Crippen LogP contribution in [-0.2, 0) is 0 Å². The molecule has 1 amide bonds. The van der Waals surface area contributed by atoms with Gasteiger partial charge in [-0.1, -0.05) is 6.07 Å². The Hall–Kier alpha value is -4.02. The second-order valence-electron chi connectivity index (χ2n) is 8.28. The number of carbonyl (C=O) groups excluding carboxylic acids is 1. The smallest absolute Gasteiger partial charge is 0.405 e. The maximum Gasteiger partial charge on any atom is 0.405 e. The highest BCUT2D eigenvalue weighted by atomic mass is 19.4. The van der Waals surface area contributed by atoms with Gasteiger partial charge in [0.05, 0.1) is 43.2 Å². The summed E-state index contributed by atoms with van der Waals surface area (Å²) in [6.07, 6.45) is 3.27. The zero-order chi connectivity index (χ0) is 24.7. The lowest BCUT2D eigenvalue weighted by Crippen LogP contribution is -2.34. The number of benzene rings is 2. The molecule has 0 bridgehead atoms. The van der Waals surface area contributed by atoms with E-state index >= 15 is 0 Å². The van der Waals surface area contributed by atoms with E-state index in [4.69, 9.17) is 9.47 Å². The van der Waals surface area contributed by atoms with Gasteiger partial charge >= 0.3 is 6.18 Å². The molecule has 2 aromatic heterocycles. The zero-order valence-electron chi connectivity index (χ0n) is 19.0. The number of nitrogens with one attached hydrogen (secondary N) is 1. The number of halogens is 3. The highest BCUT2D eigenvalue weighted by molar-refractivity contribution is 6.00. The summed E-state index contributed by atoms with van der Waals surface area (Å²) < 4.78 is 52.2. The third-order valence-electron chi connectivity index (χ3n) is 5.85. The number of hydrogen-bond donors (Lipinski definition) is 1. The van der Waals surface area contributed by atoms with Crippen molar-refractivity contribution in [3.05, 3.63) is 54.6 Å². The van der Waals surface area contributed by atoms with E-state index in [-0.39, 0.29) is 17.1 Å². The van der Waals surface area contributed by atoms with Gasteiger partial charge in [0, 0.05) is 23.9 Å². The standard InChI is InChI=1S/C24H22F3N5O3/c1-34-20-8-17(9-21(35-2)22(20)23(33)28-12-24(25,26)27)31-13-29-18-7-14(3-6-19(18)31)15-10-30-32(11-15)16-4-5-16/h3,6-11,13,16H,4-5,12H2,1-2H3,(H,28,33). The maximum atomic E-state index is 12.6. The van der Waals surface area contributed by atoms with Crippen molar-refractivity contribution in [3.63, 3.8) is 0 Å². The maximum absolute atomic E-state index is 12.6. The highest BCUT2D eigenvalue weighted by Gasteiger charge is 2.30. The number of fused-ring (bicyclic) bond motifs is 1. The van der Waals surface area contributed by atoms with Crippen molar-refractivity contribution >= 4 is 16.9 Å². The molecule has 1 fully saturated rings. The third kappa shape index (κ3) is 4.53. The molecule has 1 N–H and O–H groups in total. The van der Waals surface area contributed by atoms with Crippen LogP contribution in [0.1, 0.15) is 29.2 Å². The van der Waals surface area contributed by atoms with Gasteiger partial charge in [0.15, 0.2) is 0 Å². The van der Waals surface area contributed by atoms with Crippen molar-refractivity contribution in [1.29, 1.82) is 0 Å². The molecule has 182 valence electrons. The molecule has 0 spiro atoms. The molecular weight excluding hydrogens is 463 g/mol. The van der Waals surface area contributed by atoms with Crippen molar-refractivity contribution in [1.82, 2.24) is 24.6 Å². The first kappa shape index (κ1) is 22.8. The summed E-state index contributed by atoms with van der Waals surface area (Å²) in [4.78, 5) is 17.0. The number of ether oxygens (including phenoxy) is 2. The number of imidazole rings is 1. The Balaban J connectivity index is 1.49. The van der Waals surface area contributed by atoms with E-state index in [1.54, 1.807) is 23.0 Å². The molecule has 0 radical (unpaired) electrons. The lowest BCUT2D eigenvalue weighted by Gasteiger charge is -2.16. The highest BCUT2D eigenvalue weighted by Crippen LogP contribution is 2.36. The van der Waals surface area contributed by atoms with Crippen LogP contribution in [0.4, 0.5) is 13.2 Å². The van der Waals surface area contributed by atoms with Crippen LogP contribution in [-0.4, -0.2) is 52.2 Å². The largest absolute Gasteiger partial charge is 0.496 e. The summed E-state index contributed by atoms with van der Waals surface area (Å²) in [6.45, 7) is -1.46. The third-order valence-corrected chi connectivity index (χ3v) is 5.85. The van der Waals surface area contributed by atoms with E-state index in [0.29, 0.717) is 11.7 Å². The molecule has 0 aliphatic heterocycles. The van der Waals surface area contributed by atoms with Crippen LogP contribution in [0.5, 0.6) is 11.5 Å². The zero-order valence-corrected chi connectivity index (χ0v) is 19.0. The Bertz CT molecular complexity index is 1380. The van der Waals surface area contributed by atoms with E-state index in [2.05, 4.69) is 10.1 Å². The Labute approximate surface area is 198 Å². The van der Waals surface area contributed by atoms with Crippen LogP contribution in [0.15, 0.2) is 49.1 Å². The predicted octanol–water partition coefficient (Wildman–Crippen LogP) is 4.53. The molecule has 2 aromatic carbocycles. The Morgan fingerprint density at radius 3 is 2.46 bits per heavy atom. The minimum atomic E-state index is -4.54. The summed E-state index contributed by atoms with van der Waals surface area (Å²) in [7, 11) is 2.67. The average molecular weight is 485 g/mol. The number of hydrogen-bond acceptors (Lipinski definition) is 5. The monoisotopic (exact) mass is 485 g/mol. The van der Waals surface area contributed by atoms with Crippen LogP contribution in [0, 0.1) is 0 Å². The normalized spacial score (nSPS) is 13.7. The molecule has 1 aliphatic rings. The number of rotatable bonds is 7. The molecule has 0 saturated heterocycles. The summed E-state index contributed by atoms with van der Waals surface area (Å²) >= 11 is 0. The number of aromatic nitrogens is 4. The molecule has 4 aromatic rings. The van der Waals surface area contributed by atoms with Crippen LogP contribution in [0.3, 0.4) is 0 Å². The Morgan fingerprint density at radius 1 is 1.11 bits per heavy atom. The van der Waals surface area contributed by atoms with E-state index < -0.39 is 18.6 Å². The molecule has 0 atom stereocenters. The van der Waals surface area contributed by atoms with Crippen molar-refractivity contribution in [2.75, 3.05) is 20.8 Å². The number of carbonyl (C=O) groups is 1. The minimum absolute atomic E-state index is 0.0741. The van der Waals surface area contributed by atoms with E-state index in [1.807, 2.05) is 40.6 Å². The average Bonchev–Trinajstić information content (AvgIpc) is 3.42. The first-order chi connectivity index (χ1) is 16.8. The number of amides is 1. The molecule has 35 heavy (non-hydrogen) atoms. The second-order valence-corrected chi connectivity index (χ2v) is 8.28. The molecule has 2 heterocycles. The van der Waals surface area contributed by atoms with Crippen molar-refractivity contribution < 1.29 is 27.4 Å². The fraction of sp³-hybridized carbons (Fsp3) is 0.292. The topological polar surface area (TPSA) is 83.2 Å². The number of alkyl halides is 3. The lowest BCUT2D eigenvalue weighted by atomic mass is 10.1. The summed E-state index contributed by atoms with van der Waals surface area (Å²) in [6, 6.07) is 9.47. The molecule has 5 rings (SSSR count). The molecule has 1 aliphatic carbocycles. The summed E-state index contributed by atoms with van der Waals surface area (Å²) in [5.41, 5.74) is 3.98. The quantitative estimate of drug-likeness (QED) is 0.416. The fourth-order valence-corrected chi connectivity index (χ4v) is 3.95. The van der Waals surface area contributed by atoms with Gasteiger partial charge in [-0.3, -0.25) is 14.0 Å². The molecule has 0 unspecified atom stereocenters. The molecule has 8 nitrogen and oxygen atoms in total. The van der Waals surface area contributed by atoms with Gasteiger partial charge in [-0.25, -0.2) is 4.98 Å². The van der Waals surface area contributed by atoms with Gasteiger partial charge in [-0.15, -0.1) is 0 Å². The van der Waals surface area contributed by atoms with Crippen molar-refractivity contribution in [2.45, 2.75) is 25.1 Å². The van der Waals surface area contributed by atoms with Crippen molar-refractivity contribution in [3.8, 4) is 28.3 Å². The lowest BCUT2D eigenvalue weighted by molar-refractivity contribution is -0.123. The SMILES string of the molecule is COc1cc(-n2cnc3cc(-c4cnn(C5CC5)c4)ccc32)cc(OC)c1C(=O)NCC(F)(F)F. The molecule has 1 saturated carbocycles. The molecule has 11 heteroatoms. The van der Waals surface area contributed by atoms with E-state index in [1.165, 1.54) is 14.2 Å². The van der Waals surface area contributed by atoms with E-state index in [9.17, 15) is 18.0 Å². The van der Waals surface area contributed by atoms with Gasteiger partial charge in [-0.05, 0) is 30.5 Å². The van der Waals surface area contributed by atoms with Gasteiger partial charge < -0.3 is 14.8 Å². The van der Waals surface area contributed by atoms with Crippen molar-refractivity contribution in [2.24, 2.45) is 0 Å². The van der Waals surface area contributed by atoms with Crippen LogP contribution < -0.4 is 14.8 Å². The minimum Gasteiger partial charge on any atom is -0.496 e. The van der Waals surface area contributed by atoms with Crippen LogP contribution in [0.2, 0.25) is 0 Å². The summed E-state index contributed by atoms with van der Waals surface area (Å²) in [5.74, 6) is -0.801. The first-order valence-electron chi connectivity index (χ1n) is 10.9. The summed E-state index contributed by atoms with van der Waals surface area (Å²) in [5, 5.41) is 6.30. The Morgan fingerprint density at radius 2 is 1.83 bits per heavy atom.